The number of phenols is 1. The topological polar surface area (TPSA) is 161 Å². The number of fused-ring (bicyclic) bond motifs is 4. The Balaban J connectivity index is 1.51. The third kappa shape index (κ3) is 5.02. The van der Waals surface area contributed by atoms with Crippen LogP contribution in [0.15, 0.2) is 65.4 Å². The second-order valence-corrected chi connectivity index (χ2v) is 13.9. The molecule has 0 saturated heterocycles. The van der Waals surface area contributed by atoms with Crippen molar-refractivity contribution in [2.24, 2.45) is 23.5 Å². The number of hydrogen-bond acceptors (Lipinski definition) is 8. The van der Waals surface area contributed by atoms with E-state index in [1.807, 2.05) is 18.2 Å². The number of ketones is 2. The lowest BCUT2D eigenvalue weighted by Gasteiger charge is -2.50. The van der Waals surface area contributed by atoms with Crippen molar-refractivity contribution in [1.29, 1.82) is 0 Å². The maximum atomic E-state index is 14.2. The SMILES string of the molecule is CCCC(CCC)Cc1ccc(-c2ccc(O)c3c2CC2CC4C(N(C)C)C(=O)C(C(N)=O)=C(O)C4(O)C(=O)C2=C3O)c2ccccc12. The number of primary amides is 1. The van der Waals surface area contributed by atoms with Gasteiger partial charge in [0.15, 0.2) is 11.4 Å². The highest BCUT2D eigenvalue weighted by Crippen LogP contribution is 2.54. The van der Waals surface area contributed by atoms with Crippen molar-refractivity contribution in [3.05, 3.63) is 82.1 Å². The third-order valence-electron chi connectivity index (χ3n) is 10.8. The van der Waals surface area contributed by atoms with Gasteiger partial charge in [-0.3, -0.25) is 19.3 Å². The van der Waals surface area contributed by atoms with E-state index in [2.05, 4.69) is 38.1 Å². The minimum absolute atomic E-state index is 0.0385. The lowest BCUT2D eigenvalue weighted by Crippen LogP contribution is -2.65. The standard InChI is InChI=1S/C39H44N2O7/c1-5-9-20(10-6-2)17-21-13-14-25(24-12-8-7-11-23(21)24)26-15-16-29(42)31-27(26)18-22-19-28-33(41(3)4)35(44)32(38(40)47)37(46)39(28,48)36(45)30(22)34(31)43/h7-8,11-16,20,22,28,33,42-43,46,48H,5-6,9-10,17-19H2,1-4H3,(H2,40,47). The predicted octanol–water partition coefficient (Wildman–Crippen LogP) is 5.54. The molecule has 1 amide bonds. The molecule has 0 heterocycles. The maximum Gasteiger partial charge on any atom is 0.255 e. The van der Waals surface area contributed by atoms with Gasteiger partial charge in [-0.05, 0) is 84.3 Å². The van der Waals surface area contributed by atoms with E-state index in [9.17, 15) is 34.8 Å². The van der Waals surface area contributed by atoms with Gasteiger partial charge in [0.2, 0.25) is 5.78 Å². The normalized spacial score (nSPS) is 23.9. The molecule has 48 heavy (non-hydrogen) atoms. The number of likely N-dealkylation sites (N-methyl/N-ethyl adjacent to an activating group) is 1. The zero-order chi connectivity index (χ0) is 34.7. The van der Waals surface area contributed by atoms with Gasteiger partial charge in [-0.1, -0.05) is 82.0 Å². The molecule has 4 unspecified atom stereocenters. The molecule has 0 aromatic heterocycles. The molecule has 1 saturated carbocycles. The van der Waals surface area contributed by atoms with E-state index in [4.69, 9.17) is 5.73 Å². The van der Waals surface area contributed by atoms with Crippen LogP contribution in [0, 0.1) is 17.8 Å². The van der Waals surface area contributed by atoms with Gasteiger partial charge < -0.3 is 26.2 Å². The molecule has 0 radical (unpaired) electrons. The van der Waals surface area contributed by atoms with Gasteiger partial charge in [-0.2, -0.15) is 0 Å². The summed E-state index contributed by atoms with van der Waals surface area (Å²) in [6.45, 7) is 4.44. The first-order valence-electron chi connectivity index (χ1n) is 16.9. The lowest BCUT2D eigenvalue weighted by molar-refractivity contribution is -0.153. The Bertz CT molecular complexity index is 1900. The number of hydrogen-bond donors (Lipinski definition) is 5. The molecule has 6 N–H and O–H groups in total. The molecule has 3 aliphatic rings. The summed E-state index contributed by atoms with van der Waals surface area (Å²) in [4.78, 5) is 41.4. The van der Waals surface area contributed by atoms with Crippen LogP contribution in [0.3, 0.4) is 0 Å². The van der Waals surface area contributed by atoms with Crippen LogP contribution in [-0.4, -0.2) is 68.5 Å². The highest BCUT2D eigenvalue weighted by molar-refractivity contribution is 6.24. The summed E-state index contributed by atoms with van der Waals surface area (Å²) in [5.41, 5.74) is 5.51. The molecule has 3 aromatic carbocycles. The average molecular weight is 653 g/mol. The van der Waals surface area contributed by atoms with E-state index in [0.29, 0.717) is 11.5 Å². The van der Waals surface area contributed by atoms with Gasteiger partial charge in [-0.15, -0.1) is 0 Å². The van der Waals surface area contributed by atoms with Crippen molar-refractivity contribution in [3.8, 4) is 16.9 Å². The molecule has 3 aliphatic carbocycles. The highest BCUT2D eigenvalue weighted by atomic mass is 16.3. The molecule has 4 atom stereocenters. The van der Waals surface area contributed by atoms with Gasteiger partial charge >= 0.3 is 0 Å². The number of carbonyl (C=O) groups is 3. The average Bonchev–Trinajstić information content (AvgIpc) is 3.03. The van der Waals surface area contributed by atoms with Gasteiger partial charge in [0.05, 0.1) is 11.6 Å². The van der Waals surface area contributed by atoms with Crippen LogP contribution in [0.25, 0.3) is 27.7 Å². The van der Waals surface area contributed by atoms with Gasteiger partial charge in [0, 0.05) is 11.5 Å². The summed E-state index contributed by atoms with van der Waals surface area (Å²) in [5.74, 6) is -6.06. The number of carbonyl (C=O) groups excluding carboxylic acids is 3. The largest absolute Gasteiger partial charge is 0.508 e. The van der Waals surface area contributed by atoms with E-state index in [-0.39, 0.29) is 29.7 Å². The second-order valence-electron chi connectivity index (χ2n) is 13.9. The zero-order valence-electron chi connectivity index (χ0n) is 27.9. The molecular weight excluding hydrogens is 608 g/mol. The number of rotatable bonds is 9. The smallest absolute Gasteiger partial charge is 0.255 e. The number of aromatic hydroxyl groups is 1. The fourth-order valence-electron chi connectivity index (χ4n) is 8.75. The van der Waals surface area contributed by atoms with Crippen LogP contribution in [0.5, 0.6) is 5.75 Å². The number of nitrogens with zero attached hydrogens (tertiary/aromatic N) is 1. The number of nitrogens with two attached hydrogens (primary N) is 1. The summed E-state index contributed by atoms with van der Waals surface area (Å²) in [6.07, 6.45) is 5.83. The van der Waals surface area contributed by atoms with Crippen LogP contribution in [-0.2, 0) is 27.2 Å². The van der Waals surface area contributed by atoms with Gasteiger partial charge in [0.25, 0.3) is 5.91 Å². The van der Waals surface area contributed by atoms with Crippen molar-refractivity contribution in [1.82, 2.24) is 4.90 Å². The van der Waals surface area contributed by atoms with Crippen molar-refractivity contribution in [2.45, 2.75) is 70.4 Å². The molecule has 0 spiro atoms. The minimum Gasteiger partial charge on any atom is -0.508 e. The molecule has 1 fully saturated rings. The lowest BCUT2D eigenvalue weighted by atomic mass is 9.57. The first-order chi connectivity index (χ1) is 22.9. The summed E-state index contributed by atoms with van der Waals surface area (Å²) < 4.78 is 0. The Morgan fingerprint density at radius 1 is 0.958 bits per heavy atom. The molecule has 6 rings (SSSR count). The van der Waals surface area contributed by atoms with Gasteiger partial charge in [0.1, 0.15) is 22.8 Å². The molecule has 3 aromatic rings. The number of benzene rings is 3. The monoisotopic (exact) mass is 652 g/mol. The zero-order valence-corrected chi connectivity index (χ0v) is 27.9. The highest BCUT2D eigenvalue weighted by Gasteiger charge is 2.64. The summed E-state index contributed by atoms with van der Waals surface area (Å²) in [6, 6.07) is 14.7. The minimum atomic E-state index is -2.67. The Hall–Kier alpha value is -4.47. The first-order valence-corrected chi connectivity index (χ1v) is 16.9. The summed E-state index contributed by atoms with van der Waals surface area (Å²) in [5, 5.41) is 48.1. The third-order valence-corrected chi connectivity index (χ3v) is 10.8. The van der Waals surface area contributed by atoms with E-state index in [0.717, 1.165) is 54.0 Å². The van der Waals surface area contributed by atoms with Crippen molar-refractivity contribution in [2.75, 3.05) is 14.1 Å². The number of phenolic OH excluding ortho intramolecular Hbond substituents is 1. The van der Waals surface area contributed by atoms with Crippen LogP contribution in [0.2, 0.25) is 0 Å². The maximum absolute atomic E-state index is 14.2. The quantitative estimate of drug-likeness (QED) is 0.188. The second kappa shape index (κ2) is 12.5. The Labute approximate surface area is 280 Å². The predicted molar refractivity (Wildman–Crippen MR) is 184 cm³/mol. The number of aliphatic hydroxyl groups excluding tert-OH is 2. The molecule has 9 heteroatoms. The molecule has 252 valence electrons. The van der Waals surface area contributed by atoms with Crippen molar-refractivity contribution < 1.29 is 34.8 Å². The van der Waals surface area contributed by atoms with E-state index < -0.39 is 58.0 Å². The van der Waals surface area contributed by atoms with Crippen molar-refractivity contribution in [3.63, 3.8) is 0 Å². The fraction of sp³-hybridized carbons (Fsp3) is 0.410. The summed E-state index contributed by atoms with van der Waals surface area (Å²) >= 11 is 0. The van der Waals surface area contributed by atoms with Crippen molar-refractivity contribution >= 4 is 34.0 Å². The van der Waals surface area contributed by atoms with Crippen LogP contribution >= 0.6 is 0 Å². The first kappa shape index (κ1) is 33.4. The van der Waals surface area contributed by atoms with Crippen LogP contribution < -0.4 is 5.73 Å². The number of amides is 1. The fourth-order valence-corrected chi connectivity index (χ4v) is 8.75. The van der Waals surface area contributed by atoms with Crippen LogP contribution in [0.4, 0.5) is 0 Å². The van der Waals surface area contributed by atoms with E-state index in [1.54, 1.807) is 14.1 Å². The summed E-state index contributed by atoms with van der Waals surface area (Å²) in [7, 11) is 3.18. The van der Waals surface area contributed by atoms with Crippen LogP contribution in [0.1, 0.15) is 62.6 Å². The van der Waals surface area contributed by atoms with E-state index >= 15 is 0 Å². The molecule has 9 nitrogen and oxygen atoms in total. The Morgan fingerprint density at radius 3 is 2.23 bits per heavy atom. The number of Topliss-reactive ketones (excluding diaryl/α,β-unsaturated/α-hetero) is 2. The Kier molecular flexibility index (Phi) is 8.72. The Morgan fingerprint density at radius 2 is 1.60 bits per heavy atom. The van der Waals surface area contributed by atoms with Gasteiger partial charge in [-0.25, -0.2) is 0 Å². The van der Waals surface area contributed by atoms with E-state index in [1.165, 1.54) is 16.5 Å². The molecular formula is C39H44N2O7. The number of aliphatic hydroxyl groups is 3. The molecule has 0 bridgehead atoms. The molecule has 0 aliphatic heterocycles.